The van der Waals surface area contributed by atoms with E-state index < -0.39 is 0 Å². The van der Waals surface area contributed by atoms with Gasteiger partial charge in [-0.15, -0.1) is 0 Å². The van der Waals surface area contributed by atoms with Crippen LogP contribution in [0.3, 0.4) is 0 Å². The molecular formula is C10H20OSSe. The topological polar surface area (TPSA) is 20.2 Å². The van der Waals surface area contributed by atoms with E-state index in [0.29, 0.717) is 11.8 Å². The van der Waals surface area contributed by atoms with Crippen LogP contribution in [0.25, 0.3) is 0 Å². The van der Waals surface area contributed by atoms with Gasteiger partial charge in [0.1, 0.15) is 0 Å². The molecular weight excluding hydrogens is 247 g/mol. The second-order valence-corrected chi connectivity index (χ2v) is 4.39. The van der Waals surface area contributed by atoms with Gasteiger partial charge < -0.3 is 5.11 Å². The van der Waals surface area contributed by atoms with E-state index in [9.17, 15) is 5.11 Å². The predicted molar refractivity (Wildman–Crippen MR) is 60.7 cm³/mol. The Morgan fingerprint density at radius 1 is 1.31 bits per heavy atom. The zero-order valence-electron chi connectivity index (χ0n) is 8.69. The molecule has 3 atom stereocenters. The van der Waals surface area contributed by atoms with Gasteiger partial charge in [-0.05, 0) is 30.6 Å². The SMILES string of the molecule is CC1CCC(C(C)C)C(O)C1.S=[Se]. The second-order valence-electron chi connectivity index (χ2n) is 4.39. The van der Waals surface area contributed by atoms with Crippen LogP contribution in [-0.4, -0.2) is 25.6 Å². The summed E-state index contributed by atoms with van der Waals surface area (Å²) in [6.07, 6.45) is 3.52. The molecule has 0 amide bonds. The molecule has 0 spiro atoms. The minimum atomic E-state index is -0.0289. The molecule has 1 fully saturated rings. The van der Waals surface area contributed by atoms with E-state index in [1.165, 1.54) is 12.8 Å². The van der Waals surface area contributed by atoms with Crippen LogP contribution < -0.4 is 0 Å². The first-order chi connectivity index (χ1) is 6.11. The average molecular weight is 267 g/mol. The van der Waals surface area contributed by atoms with Crippen LogP contribution in [0.4, 0.5) is 0 Å². The zero-order valence-corrected chi connectivity index (χ0v) is 11.2. The molecule has 1 N–H and O–H groups in total. The molecule has 1 nitrogen and oxygen atoms in total. The van der Waals surface area contributed by atoms with Gasteiger partial charge in [0, 0.05) is 0 Å². The van der Waals surface area contributed by atoms with Gasteiger partial charge in [0.25, 0.3) is 0 Å². The molecule has 3 unspecified atom stereocenters. The average Bonchev–Trinajstić information content (AvgIpc) is 2.07. The molecule has 1 aliphatic rings. The van der Waals surface area contributed by atoms with Gasteiger partial charge in [0.2, 0.25) is 0 Å². The van der Waals surface area contributed by atoms with Crippen molar-refractivity contribution in [2.75, 3.05) is 0 Å². The predicted octanol–water partition coefficient (Wildman–Crippen LogP) is 2.71. The monoisotopic (exact) mass is 268 g/mol. The van der Waals surface area contributed by atoms with Crippen LogP contribution in [0, 0.1) is 17.8 Å². The molecule has 0 radical (unpaired) electrons. The molecule has 1 rings (SSSR count). The van der Waals surface area contributed by atoms with Crippen LogP contribution in [0.15, 0.2) is 0 Å². The number of hydrogen-bond donors (Lipinski definition) is 1. The van der Waals surface area contributed by atoms with Crippen molar-refractivity contribution in [1.29, 1.82) is 0 Å². The quantitative estimate of drug-likeness (QED) is 0.737. The van der Waals surface area contributed by atoms with Crippen LogP contribution >= 0.6 is 10.6 Å². The molecule has 0 bridgehead atoms. The summed E-state index contributed by atoms with van der Waals surface area (Å²) in [6, 6.07) is 0. The summed E-state index contributed by atoms with van der Waals surface area (Å²) in [7, 11) is 3.96. The molecule has 78 valence electrons. The number of aliphatic hydroxyl groups is 1. The van der Waals surface area contributed by atoms with Crippen LogP contribution in [0.2, 0.25) is 0 Å². The van der Waals surface area contributed by atoms with E-state index >= 15 is 0 Å². The first kappa shape index (κ1) is 13.7. The standard InChI is InChI=1S/C10H20O.SSe/c1-7(2)9-5-4-8(3)6-10(9)11;1-2/h7-11H,4-6H2,1-3H3;. The number of aliphatic hydroxyl groups excluding tert-OH is 1. The first-order valence-corrected chi connectivity index (χ1v) is 7.39. The summed E-state index contributed by atoms with van der Waals surface area (Å²) in [4.78, 5) is 0. The number of hydrogen-bond acceptors (Lipinski definition) is 2. The fraction of sp³-hybridized carbons (Fsp3) is 1.00. The van der Waals surface area contributed by atoms with Gasteiger partial charge in [-0.25, -0.2) is 0 Å². The van der Waals surface area contributed by atoms with Crippen molar-refractivity contribution in [3.63, 3.8) is 0 Å². The summed E-state index contributed by atoms with van der Waals surface area (Å²) in [6.45, 7) is 6.66. The molecule has 0 aliphatic heterocycles. The molecule has 0 saturated heterocycles. The molecule has 1 aliphatic carbocycles. The maximum atomic E-state index is 9.71. The van der Waals surface area contributed by atoms with Crippen molar-refractivity contribution < 1.29 is 5.11 Å². The fourth-order valence-electron chi connectivity index (χ4n) is 2.15. The molecule has 0 aromatic heterocycles. The van der Waals surface area contributed by atoms with Crippen molar-refractivity contribution in [3.05, 3.63) is 0 Å². The summed E-state index contributed by atoms with van der Waals surface area (Å²) >= 11 is 2.21. The third kappa shape index (κ3) is 4.64. The summed E-state index contributed by atoms with van der Waals surface area (Å²) in [5, 5.41) is 9.71. The Morgan fingerprint density at radius 2 is 1.85 bits per heavy atom. The van der Waals surface area contributed by atoms with Crippen molar-refractivity contribution >= 4 is 24.9 Å². The van der Waals surface area contributed by atoms with Crippen LogP contribution in [0.1, 0.15) is 40.0 Å². The second kappa shape index (κ2) is 7.05. The van der Waals surface area contributed by atoms with E-state index in [2.05, 4.69) is 45.7 Å². The first-order valence-electron chi connectivity index (χ1n) is 4.96. The third-order valence-corrected chi connectivity index (χ3v) is 2.99. The van der Waals surface area contributed by atoms with Crippen molar-refractivity contribution in [2.24, 2.45) is 17.8 Å². The maximum absolute atomic E-state index is 9.71. The molecule has 0 aromatic carbocycles. The Morgan fingerprint density at radius 3 is 2.23 bits per heavy atom. The molecule has 0 aromatic rings. The van der Waals surface area contributed by atoms with Gasteiger partial charge in [0.05, 0.1) is 6.10 Å². The van der Waals surface area contributed by atoms with Gasteiger partial charge in [-0.2, -0.15) is 0 Å². The van der Waals surface area contributed by atoms with Gasteiger partial charge >= 0.3 is 24.9 Å². The van der Waals surface area contributed by atoms with Gasteiger partial charge in [0.15, 0.2) is 0 Å². The van der Waals surface area contributed by atoms with Crippen molar-refractivity contribution in [1.82, 2.24) is 0 Å². The minimum absolute atomic E-state index is 0.0289. The van der Waals surface area contributed by atoms with E-state index in [1.807, 2.05) is 0 Å². The van der Waals surface area contributed by atoms with E-state index in [-0.39, 0.29) is 6.10 Å². The van der Waals surface area contributed by atoms with Crippen molar-refractivity contribution in [3.8, 4) is 0 Å². The molecule has 0 heterocycles. The van der Waals surface area contributed by atoms with Crippen molar-refractivity contribution in [2.45, 2.75) is 46.1 Å². The Hall–Kier alpha value is 0.699. The van der Waals surface area contributed by atoms with E-state index in [1.54, 1.807) is 0 Å². The van der Waals surface area contributed by atoms with E-state index in [0.717, 1.165) is 12.3 Å². The normalized spacial score (nSPS) is 33.8. The Balaban J connectivity index is 0.000000671. The van der Waals surface area contributed by atoms with Gasteiger partial charge in [-0.3, -0.25) is 0 Å². The van der Waals surface area contributed by atoms with Gasteiger partial charge in [-0.1, -0.05) is 27.2 Å². The Bertz CT molecular complexity index is 141. The summed E-state index contributed by atoms with van der Waals surface area (Å²) < 4.78 is 0. The van der Waals surface area contributed by atoms with Crippen LogP contribution in [0.5, 0.6) is 0 Å². The third-order valence-electron chi connectivity index (χ3n) is 2.99. The molecule has 1 saturated carbocycles. The van der Waals surface area contributed by atoms with Crippen LogP contribution in [-0.2, 0) is 0 Å². The number of rotatable bonds is 1. The zero-order chi connectivity index (χ0) is 10.4. The summed E-state index contributed by atoms with van der Waals surface area (Å²) in [5.41, 5.74) is 0. The van der Waals surface area contributed by atoms with E-state index in [4.69, 9.17) is 0 Å². The fourth-order valence-corrected chi connectivity index (χ4v) is 2.15. The summed E-state index contributed by atoms with van der Waals surface area (Å²) in [5.74, 6) is 1.95. The Labute approximate surface area is 94.0 Å². The molecule has 13 heavy (non-hydrogen) atoms. The molecule has 3 heteroatoms. The Kier molecular flexibility index (Phi) is 7.43.